The van der Waals surface area contributed by atoms with Gasteiger partial charge in [0, 0.05) is 18.1 Å². The van der Waals surface area contributed by atoms with Crippen LogP contribution < -0.4 is 0 Å². The normalized spacial score (nSPS) is 34.2. The van der Waals surface area contributed by atoms with E-state index in [2.05, 4.69) is 42.2 Å². The molecule has 3 rings (SSSR count). The molecule has 2 aliphatic heterocycles. The van der Waals surface area contributed by atoms with Crippen LogP contribution in [0.15, 0.2) is 30.3 Å². The molecule has 1 heteroatoms. The van der Waals surface area contributed by atoms with Crippen LogP contribution >= 0.6 is 0 Å². The highest BCUT2D eigenvalue weighted by atomic mass is 15.3. The van der Waals surface area contributed by atoms with Gasteiger partial charge in [-0.05, 0) is 44.6 Å². The molecule has 0 aliphatic carbocycles. The van der Waals surface area contributed by atoms with E-state index in [9.17, 15) is 0 Å². The number of fused-ring (bicyclic) bond motifs is 1. The first-order valence-electron chi connectivity index (χ1n) is 6.66. The number of nitrogens with zero attached hydrogens (tertiary/aromatic N) is 1. The van der Waals surface area contributed by atoms with Crippen LogP contribution in [0.5, 0.6) is 0 Å². The molecule has 0 amide bonds. The molecular formula is C15H21N. The zero-order valence-corrected chi connectivity index (χ0v) is 10.1. The van der Waals surface area contributed by atoms with E-state index in [1.807, 2.05) is 0 Å². The Balaban J connectivity index is 1.72. The van der Waals surface area contributed by atoms with E-state index in [0.29, 0.717) is 0 Å². The van der Waals surface area contributed by atoms with Gasteiger partial charge in [0.15, 0.2) is 0 Å². The van der Waals surface area contributed by atoms with Gasteiger partial charge in [-0.25, -0.2) is 0 Å². The highest BCUT2D eigenvalue weighted by Gasteiger charge is 2.40. The summed E-state index contributed by atoms with van der Waals surface area (Å²) in [6.07, 6.45) is 6.94. The van der Waals surface area contributed by atoms with Crippen LogP contribution in [0.4, 0.5) is 0 Å². The van der Waals surface area contributed by atoms with Crippen molar-refractivity contribution in [2.45, 2.75) is 57.2 Å². The first kappa shape index (κ1) is 10.3. The quantitative estimate of drug-likeness (QED) is 0.732. The van der Waals surface area contributed by atoms with Gasteiger partial charge >= 0.3 is 0 Å². The van der Waals surface area contributed by atoms with Crippen LogP contribution in [0.2, 0.25) is 0 Å². The lowest BCUT2D eigenvalue weighted by Crippen LogP contribution is -2.37. The molecule has 0 saturated carbocycles. The van der Waals surface area contributed by atoms with Crippen LogP contribution in [-0.4, -0.2) is 23.0 Å². The summed E-state index contributed by atoms with van der Waals surface area (Å²) in [5.41, 5.74) is 1.51. The maximum atomic E-state index is 2.80. The van der Waals surface area contributed by atoms with E-state index < -0.39 is 0 Å². The summed E-state index contributed by atoms with van der Waals surface area (Å²) in [4.78, 5) is 2.80. The number of rotatable bonds is 2. The van der Waals surface area contributed by atoms with Gasteiger partial charge in [-0.3, -0.25) is 4.90 Å². The average Bonchev–Trinajstić information content (AvgIpc) is 2.86. The highest BCUT2D eigenvalue weighted by molar-refractivity contribution is 5.17. The molecule has 0 spiro atoms. The standard InChI is InChI=1S/C15H21N/c1-12-7-8-14-9-10-15(16(12)14)11-13-5-3-2-4-6-13/h2-6,12,14-15H,7-11H2,1H3/t12-,14+,15-/m1/s1. The van der Waals surface area contributed by atoms with E-state index in [0.717, 1.165) is 18.1 Å². The molecule has 1 aromatic rings. The second-order valence-corrected chi connectivity index (χ2v) is 5.45. The molecule has 2 aliphatic rings. The summed E-state index contributed by atoms with van der Waals surface area (Å²) in [6, 6.07) is 13.5. The Morgan fingerprint density at radius 1 is 1.06 bits per heavy atom. The van der Waals surface area contributed by atoms with E-state index >= 15 is 0 Å². The number of hydrogen-bond donors (Lipinski definition) is 0. The van der Waals surface area contributed by atoms with Crippen molar-refractivity contribution >= 4 is 0 Å². The fraction of sp³-hybridized carbons (Fsp3) is 0.600. The SMILES string of the molecule is C[C@@H]1CC[C@H]2CC[C@H](Cc3ccccc3)N21. The van der Waals surface area contributed by atoms with Crippen LogP contribution in [0.1, 0.15) is 38.2 Å². The molecule has 0 unspecified atom stereocenters. The maximum Gasteiger partial charge on any atom is 0.0142 e. The van der Waals surface area contributed by atoms with Crippen LogP contribution in [0.3, 0.4) is 0 Å². The largest absolute Gasteiger partial charge is 0.294 e. The van der Waals surface area contributed by atoms with Gasteiger partial charge in [0.1, 0.15) is 0 Å². The van der Waals surface area contributed by atoms with Crippen LogP contribution in [0, 0.1) is 0 Å². The van der Waals surface area contributed by atoms with Crippen LogP contribution in [0.25, 0.3) is 0 Å². The van der Waals surface area contributed by atoms with Crippen LogP contribution in [-0.2, 0) is 6.42 Å². The molecule has 1 nitrogen and oxygen atoms in total. The first-order valence-corrected chi connectivity index (χ1v) is 6.66. The highest BCUT2D eigenvalue weighted by Crippen LogP contribution is 2.37. The summed E-state index contributed by atoms with van der Waals surface area (Å²) in [7, 11) is 0. The molecule has 0 aromatic heterocycles. The summed E-state index contributed by atoms with van der Waals surface area (Å²) in [5, 5.41) is 0. The zero-order chi connectivity index (χ0) is 11.0. The molecule has 0 bridgehead atoms. The molecule has 2 fully saturated rings. The molecular weight excluding hydrogens is 194 g/mol. The maximum absolute atomic E-state index is 2.80. The minimum Gasteiger partial charge on any atom is -0.294 e. The van der Waals surface area contributed by atoms with Gasteiger partial charge in [0.05, 0.1) is 0 Å². The number of hydrogen-bond acceptors (Lipinski definition) is 1. The van der Waals surface area contributed by atoms with Crippen molar-refractivity contribution in [3.8, 4) is 0 Å². The molecule has 86 valence electrons. The van der Waals surface area contributed by atoms with Gasteiger partial charge in [-0.15, -0.1) is 0 Å². The average molecular weight is 215 g/mol. The Morgan fingerprint density at radius 3 is 2.62 bits per heavy atom. The molecule has 2 heterocycles. The zero-order valence-electron chi connectivity index (χ0n) is 10.1. The summed E-state index contributed by atoms with van der Waals surface area (Å²) in [5.74, 6) is 0. The lowest BCUT2D eigenvalue weighted by molar-refractivity contribution is 0.190. The van der Waals surface area contributed by atoms with Crippen molar-refractivity contribution in [1.29, 1.82) is 0 Å². The predicted molar refractivity (Wildman–Crippen MR) is 67.5 cm³/mol. The van der Waals surface area contributed by atoms with Crippen molar-refractivity contribution in [2.24, 2.45) is 0 Å². The van der Waals surface area contributed by atoms with Crippen molar-refractivity contribution in [3.63, 3.8) is 0 Å². The van der Waals surface area contributed by atoms with Crippen molar-refractivity contribution in [2.75, 3.05) is 0 Å². The predicted octanol–water partition coefficient (Wildman–Crippen LogP) is 3.24. The van der Waals surface area contributed by atoms with E-state index in [-0.39, 0.29) is 0 Å². The fourth-order valence-corrected chi connectivity index (χ4v) is 3.67. The third kappa shape index (κ3) is 1.78. The lowest BCUT2D eigenvalue weighted by Gasteiger charge is -2.28. The first-order chi connectivity index (χ1) is 7.84. The Hall–Kier alpha value is -0.820. The van der Waals surface area contributed by atoms with Crippen molar-refractivity contribution < 1.29 is 0 Å². The third-order valence-electron chi connectivity index (χ3n) is 4.42. The van der Waals surface area contributed by atoms with Gasteiger partial charge < -0.3 is 0 Å². The molecule has 0 radical (unpaired) electrons. The Bertz CT molecular complexity index is 346. The van der Waals surface area contributed by atoms with Gasteiger partial charge in [0.2, 0.25) is 0 Å². The Kier molecular flexibility index (Phi) is 2.72. The molecule has 1 aromatic carbocycles. The van der Waals surface area contributed by atoms with E-state index in [4.69, 9.17) is 0 Å². The summed E-state index contributed by atoms with van der Waals surface area (Å²) in [6.45, 7) is 2.41. The van der Waals surface area contributed by atoms with E-state index in [1.165, 1.54) is 37.7 Å². The lowest BCUT2D eigenvalue weighted by atomic mass is 10.0. The minimum absolute atomic E-state index is 0.810. The van der Waals surface area contributed by atoms with Gasteiger partial charge in [0.25, 0.3) is 0 Å². The Morgan fingerprint density at radius 2 is 1.81 bits per heavy atom. The summed E-state index contributed by atoms with van der Waals surface area (Å²) >= 11 is 0. The molecule has 3 atom stereocenters. The van der Waals surface area contributed by atoms with Gasteiger partial charge in [-0.2, -0.15) is 0 Å². The Labute approximate surface area is 98.5 Å². The molecule has 0 N–H and O–H groups in total. The molecule has 16 heavy (non-hydrogen) atoms. The monoisotopic (exact) mass is 215 g/mol. The minimum atomic E-state index is 0.810. The second kappa shape index (κ2) is 4.21. The summed E-state index contributed by atoms with van der Waals surface area (Å²) < 4.78 is 0. The molecule has 2 saturated heterocycles. The van der Waals surface area contributed by atoms with Gasteiger partial charge in [-0.1, -0.05) is 30.3 Å². The second-order valence-electron chi connectivity index (χ2n) is 5.45. The van der Waals surface area contributed by atoms with Crippen molar-refractivity contribution in [3.05, 3.63) is 35.9 Å². The van der Waals surface area contributed by atoms with Crippen molar-refractivity contribution in [1.82, 2.24) is 4.90 Å². The topological polar surface area (TPSA) is 3.24 Å². The fourth-order valence-electron chi connectivity index (χ4n) is 3.67. The third-order valence-corrected chi connectivity index (χ3v) is 4.42. The smallest absolute Gasteiger partial charge is 0.0142 e. The van der Waals surface area contributed by atoms with E-state index in [1.54, 1.807) is 0 Å². The number of benzene rings is 1.